The Bertz CT molecular complexity index is 5140. The molecule has 0 spiro atoms. The molecule has 0 bridgehead atoms. The van der Waals surface area contributed by atoms with Gasteiger partial charge in [0.05, 0.1) is 22.6 Å². The van der Waals surface area contributed by atoms with Crippen LogP contribution in [0, 0.1) is 83.1 Å². The van der Waals surface area contributed by atoms with Crippen LogP contribution in [-0.2, 0) is 0 Å². The van der Waals surface area contributed by atoms with E-state index in [1.165, 1.54) is 200 Å². The summed E-state index contributed by atoms with van der Waals surface area (Å²) < 4.78 is 9.65. The predicted octanol–water partition coefficient (Wildman–Crippen LogP) is 13.9. The minimum Gasteiger partial charge on any atom is -0.458 e. The summed E-state index contributed by atoms with van der Waals surface area (Å²) in [6, 6.07) is 64.1. The van der Waals surface area contributed by atoms with Crippen LogP contribution >= 0.6 is 0 Å². The number of rotatable bonds is 3. The van der Waals surface area contributed by atoms with Gasteiger partial charge in [0.25, 0.3) is 20.1 Å². The van der Waals surface area contributed by atoms with Crippen molar-refractivity contribution in [2.75, 3.05) is 20.0 Å². The van der Waals surface area contributed by atoms with Gasteiger partial charge in [0.2, 0.25) is 0 Å². The first-order valence-corrected chi connectivity index (χ1v) is 31.1. The van der Waals surface area contributed by atoms with Crippen LogP contribution in [0.5, 0.6) is 11.5 Å². The average molecular weight is 1120 g/mol. The maximum Gasteiger partial charge on any atom is 0.256 e. The number of anilines is 11. The molecule has 6 nitrogen and oxygen atoms in total. The van der Waals surface area contributed by atoms with Gasteiger partial charge in [-0.15, -0.1) is 0 Å². The molecule has 1 aromatic heterocycles. The Morgan fingerprint density at radius 1 is 0.310 bits per heavy atom. The predicted molar refractivity (Wildman–Crippen MR) is 372 cm³/mol. The Balaban J connectivity index is 0.996. The molecule has 6 aliphatic heterocycles. The second-order valence-electron chi connectivity index (χ2n) is 26.5. The van der Waals surface area contributed by atoms with Crippen LogP contribution in [-0.4, -0.2) is 24.7 Å². The quantitative estimate of drug-likeness (QED) is 0.178. The van der Waals surface area contributed by atoms with Crippen molar-refractivity contribution in [1.29, 1.82) is 0 Å². The van der Waals surface area contributed by atoms with Gasteiger partial charge in [0.15, 0.2) is 0 Å². The first kappa shape index (κ1) is 50.7. The van der Waals surface area contributed by atoms with Gasteiger partial charge >= 0.3 is 0 Å². The SMILES string of the molecule is Cc1cc(C)c(N2c3cc4c(cc3B3c5ccccc5Oc5cc(C)cc2c53)B2c3cc5c(cc3N(c3c(C)cc(C)cc3C)c3cc(C)cc(c32)N4c2c(C)cc(C)cc2C)Nc2cc(C)cc3c2B5c2cccc4c5ccccc5n-3c24)c(C)c1. The van der Waals surface area contributed by atoms with Crippen molar-refractivity contribution < 1.29 is 4.74 Å². The molecule has 0 saturated carbocycles. The molecule has 18 rings (SSSR count). The molecule has 0 fully saturated rings. The molecule has 1 N–H and O–H groups in total. The van der Waals surface area contributed by atoms with Crippen molar-refractivity contribution in [3.05, 3.63) is 231 Å². The summed E-state index contributed by atoms with van der Waals surface area (Å²) in [5.41, 5.74) is 43.6. The number of para-hydroxylation sites is 3. The summed E-state index contributed by atoms with van der Waals surface area (Å²) in [5.74, 6) is 1.85. The monoisotopic (exact) mass is 1120 g/mol. The summed E-state index contributed by atoms with van der Waals surface area (Å²) in [6.45, 7) is 27.1. The van der Waals surface area contributed by atoms with E-state index < -0.39 is 0 Å². The number of fused-ring (bicyclic) bond motifs is 15. The fraction of sp³-hybridized carbons (Fsp3) is 0.154. The van der Waals surface area contributed by atoms with E-state index in [1.54, 1.807) is 0 Å². The molecule has 0 amide bonds. The van der Waals surface area contributed by atoms with Crippen molar-refractivity contribution in [2.45, 2.75) is 83.1 Å². The molecule has 0 aliphatic carbocycles. The van der Waals surface area contributed by atoms with E-state index in [9.17, 15) is 0 Å². The van der Waals surface area contributed by atoms with E-state index in [-0.39, 0.29) is 20.1 Å². The molecule has 0 radical (unpaired) electrons. The third-order valence-electron chi connectivity index (χ3n) is 20.4. The van der Waals surface area contributed by atoms with E-state index in [0.717, 1.165) is 17.2 Å². The number of aromatic nitrogens is 1. The topological polar surface area (TPSA) is 35.9 Å². The molecule has 416 valence electrons. The molecule has 7 heterocycles. The van der Waals surface area contributed by atoms with E-state index in [2.05, 4.69) is 271 Å². The zero-order valence-electron chi connectivity index (χ0n) is 51.5. The Hall–Kier alpha value is -9.59. The van der Waals surface area contributed by atoms with E-state index in [4.69, 9.17) is 4.74 Å². The zero-order valence-corrected chi connectivity index (χ0v) is 51.5. The zero-order chi connectivity index (χ0) is 59.1. The first-order chi connectivity index (χ1) is 42.1. The van der Waals surface area contributed by atoms with Crippen LogP contribution in [0.15, 0.2) is 164 Å². The third-order valence-corrected chi connectivity index (χ3v) is 20.4. The minimum atomic E-state index is -0.171. The van der Waals surface area contributed by atoms with E-state index >= 15 is 0 Å². The number of aryl methyl sites for hydroxylation is 12. The Labute approximate surface area is 510 Å². The smallest absolute Gasteiger partial charge is 0.256 e. The number of hydrogen-bond acceptors (Lipinski definition) is 5. The Morgan fingerprint density at radius 2 is 0.759 bits per heavy atom. The molecule has 0 saturated heterocycles. The molecule has 11 aromatic carbocycles. The number of nitrogens with one attached hydrogen (secondary N) is 1. The van der Waals surface area contributed by atoms with Crippen molar-refractivity contribution >= 4 is 154 Å². The normalized spacial score (nSPS) is 14.0. The molecular weight excluding hydrogens is 1060 g/mol. The maximum absolute atomic E-state index is 7.09. The summed E-state index contributed by atoms with van der Waals surface area (Å²) in [5, 5.41) is 6.78. The lowest BCUT2D eigenvalue weighted by atomic mass is 9.29. The molecule has 0 atom stereocenters. The van der Waals surface area contributed by atoms with E-state index in [1.807, 2.05) is 0 Å². The highest BCUT2D eigenvalue weighted by Gasteiger charge is 2.50. The molecule has 12 aromatic rings. The number of benzene rings is 11. The van der Waals surface area contributed by atoms with Crippen LogP contribution in [0.2, 0.25) is 0 Å². The third kappa shape index (κ3) is 6.75. The largest absolute Gasteiger partial charge is 0.458 e. The van der Waals surface area contributed by atoms with Crippen molar-refractivity contribution in [3.63, 3.8) is 0 Å². The van der Waals surface area contributed by atoms with Gasteiger partial charge in [-0.25, -0.2) is 0 Å². The van der Waals surface area contributed by atoms with Gasteiger partial charge in [0, 0.05) is 67.5 Å². The standard InChI is InChI=1S/C78H64B3N5O/c1-40-24-46(7)75(47(8)25-40)84-63-38-60-56(80-55-21-17-19-53-52-18-13-15-22-62(52)83(78(53)55)66-31-43(4)30-61(82-60)72(66)80)36-57(63)81-59-37-58-64(39-65(59)85(68-33-44(5)32-67(84)73(68)81)76-48(9)26-41(2)27-49(76)10)86(77-50(11)28-42(3)29-51(77)12)69-34-45(6)35-71-74(69)79(58)54-20-14-16-23-70(54)87-71/h13-39,82H,1-12H3. The molecule has 0 unspecified atom stereocenters. The van der Waals surface area contributed by atoms with Gasteiger partial charge < -0.3 is 29.3 Å². The molecule has 9 heteroatoms. The lowest BCUT2D eigenvalue weighted by Gasteiger charge is -2.48. The summed E-state index contributed by atoms with van der Waals surface area (Å²) in [6.07, 6.45) is 0. The van der Waals surface area contributed by atoms with Crippen LogP contribution in [0.1, 0.15) is 66.8 Å². The van der Waals surface area contributed by atoms with Gasteiger partial charge in [-0.05, 0) is 243 Å². The van der Waals surface area contributed by atoms with Crippen LogP contribution < -0.4 is 73.9 Å². The highest BCUT2D eigenvalue weighted by molar-refractivity contribution is 7.04. The number of ether oxygens (including phenoxy) is 1. The van der Waals surface area contributed by atoms with Crippen molar-refractivity contribution in [1.82, 2.24) is 4.57 Å². The first-order valence-electron chi connectivity index (χ1n) is 31.1. The minimum absolute atomic E-state index is 0.0274. The fourth-order valence-corrected chi connectivity index (χ4v) is 17.7. The lowest BCUT2D eigenvalue weighted by Crippen LogP contribution is -2.66. The Morgan fingerprint density at radius 3 is 1.37 bits per heavy atom. The number of nitrogens with zero attached hydrogens (tertiary/aromatic N) is 4. The lowest BCUT2D eigenvalue weighted by molar-refractivity contribution is 0.487. The summed E-state index contributed by atoms with van der Waals surface area (Å²) in [4.78, 5) is 7.97. The maximum atomic E-state index is 7.09. The van der Waals surface area contributed by atoms with Crippen molar-refractivity contribution in [3.8, 4) is 17.2 Å². The molecule has 87 heavy (non-hydrogen) atoms. The van der Waals surface area contributed by atoms with Gasteiger partial charge in [-0.1, -0.05) is 120 Å². The summed E-state index contributed by atoms with van der Waals surface area (Å²) in [7, 11) is 0. The van der Waals surface area contributed by atoms with Crippen molar-refractivity contribution in [2.24, 2.45) is 0 Å². The highest BCUT2D eigenvalue weighted by Crippen LogP contribution is 2.52. The molecular formula is C78H64B3N5O. The fourth-order valence-electron chi connectivity index (χ4n) is 17.7. The van der Waals surface area contributed by atoms with Crippen LogP contribution in [0.3, 0.4) is 0 Å². The average Bonchev–Trinajstić information content (AvgIpc) is 1.43. The second-order valence-corrected chi connectivity index (χ2v) is 26.5. The van der Waals surface area contributed by atoms with Gasteiger partial charge in [0.1, 0.15) is 11.5 Å². The second kappa shape index (κ2) is 17.5. The van der Waals surface area contributed by atoms with Gasteiger partial charge in [-0.3, -0.25) is 0 Å². The van der Waals surface area contributed by atoms with E-state index in [0.29, 0.717) is 0 Å². The molecule has 6 aliphatic rings. The summed E-state index contributed by atoms with van der Waals surface area (Å²) >= 11 is 0. The number of hydrogen-bond donors (Lipinski definition) is 1. The van der Waals surface area contributed by atoms with Gasteiger partial charge in [-0.2, -0.15) is 0 Å². The van der Waals surface area contributed by atoms with Crippen LogP contribution in [0.25, 0.3) is 27.5 Å². The Kier molecular flexibility index (Phi) is 10.2. The highest BCUT2D eigenvalue weighted by atomic mass is 16.5. The van der Waals surface area contributed by atoms with Crippen LogP contribution in [0.4, 0.5) is 62.6 Å².